The molecule has 7 nitrogen and oxygen atoms in total. The molecule has 0 radical (unpaired) electrons. The molecular formula is C17H22N2O5. The predicted octanol–water partition coefficient (Wildman–Crippen LogP) is 2.28. The standard InChI is InChI=1S/C17H22N2O5/c1-3-24-16(21)13-8-4-5-9-14(13)18-15(20)12-7-6-10-19(11-12)17(22)23-2/h4-5,8-9,12H,3,6-7,10-11H2,1-2H3,(H,18,20). The fourth-order valence-corrected chi connectivity index (χ4v) is 2.70. The van der Waals surface area contributed by atoms with E-state index in [0.29, 0.717) is 30.8 Å². The van der Waals surface area contributed by atoms with Crippen molar-refractivity contribution < 1.29 is 23.9 Å². The zero-order valence-electron chi connectivity index (χ0n) is 13.9. The summed E-state index contributed by atoms with van der Waals surface area (Å²) in [5, 5.41) is 2.78. The van der Waals surface area contributed by atoms with Gasteiger partial charge in [-0.3, -0.25) is 4.79 Å². The van der Waals surface area contributed by atoms with E-state index in [1.807, 2.05) is 0 Å². The summed E-state index contributed by atoms with van der Waals surface area (Å²) < 4.78 is 9.71. The minimum atomic E-state index is -0.478. The molecule has 24 heavy (non-hydrogen) atoms. The van der Waals surface area contributed by atoms with Crippen LogP contribution in [0, 0.1) is 5.92 Å². The summed E-state index contributed by atoms with van der Waals surface area (Å²) in [5.41, 5.74) is 0.726. The number of piperidine rings is 1. The van der Waals surface area contributed by atoms with Crippen LogP contribution in [0.15, 0.2) is 24.3 Å². The van der Waals surface area contributed by atoms with Gasteiger partial charge in [-0.1, -0.05) is 12.1 Å². The maximum atomic E-state index is 12.5. The second-order valence-electron chi connectivity index (χ2n) is 5.51. The van der Waals surface area contributed by atoms with E-state index in [0.717, 1.165) is 6.42 Å². The minimum absolute atomic E-state index is 0.222. The van der Waals surface area contributed by atoms with Crippen LogP contribution in [0.25, 0.3) is 0 Å². The van der Waals surface area contributed by atoms with E-state index in [4.69, 9.17) is 9.47 Å². The van der Waals surface area contributed by atoms with Crippen LogP contribution < -0.4 is 5.32 Å². The summed E-state index contributed by atoms with van der Waals surface area (Å²) in [6, 6.07) is 6.71. The predicted molar refractivity (Wildman–Crippen MR) is 87.7 cm³/mol. The van der Waals surface area contributed by atoms with E-state index in [1.165, 1.54) is 12.0 Å². The molecule has 0 bridgehead atoms. The molecule has 1 heterocycles. The number of rotatable bonds is 4. The zero-order chi connectivity index (χ0) is 17.5. The van der Waals surface area contributed by atoms with Crippen molar-refractivity contribution in [3.05, 3.63) is 29.8 Å². The number of methoxy groups -OCH3 is 1. The number of nitrogens with zero attached hydrogens (tertiary/aromatic N) is 1. The third kappa shape index (κ3) is 4.24. The Morgan fingerprint density at radius 2 is 2.04 bits per heavy atom. The number of carbonyl (C=O) groups excluding carboxylic acids is 3. The van der Waals surface area contributed by atoms with Gasteiger partial charge in [0.05, 0.1) is 30.9 Å². The van der Waals surface area contributed by atoms with Crippen molar-refractivity contribution >= 4 is 23.7 Å². The molecule has 2 rings (SSSR count). The second-order valence-corrected chi connectivity index (χ2v) is 5.51. The van der Waals surface area contributed by atoms with Gasteiger partial charge in [0.15, 0.2) is 0 Å². The number of esters is 1. The Morgan fingerprint density at radius 1 is 1.29 bits per heavy atom. The third-order valence-electron chi connectivity index (χ3n) is 3.91. The molecule has 1 aliphatic rings. The van der Waals surface area contributed by atoms with Gasteiger partial charge in [0, 0.05) is 13.1 Å². The van der Waals surface area contributed by atoms with Crippen LogP contribution in [-0.2, 0) is 14.3 Å². The van der Waals surface area contributed by atoms with Crippen LogP contribution >= 0.6 is 0 Å². The van der Waals surface area contributed by atoms with Gasteiger partial charge in [-0.2, -0.15) is 0 Å². The first kappa shape index (κ1) is 17.8. The van der Waals surface area contributed by atoms with Crippen LogP contribution in [0.3, 0.4) is 0 Å². The highest BCUT2D eigenvalue weighted by molar-refractivity contribution is 6.02. The number of amides is 2. The van der Waals surface area contributed by atoms with Crippen LogP contribution in [0.2, 0.25) is 0 Å². The van der Waals surface area contributed by atoms with Gasteiger partial charge in [-0.05, 0) is 31.9 Å². The maximum Gasteiger partial charge on any atom is 0.409 e. The van der Waals surface area contributed by atoms with Crippen LogP contribution in [0.5, 0.6) is 0 Å². The lowest BCUT2D eigenvalue weighted by Gasteiger charge is -2.30. The number of ether oxygens (including phenoxy) is 2. The number of anilines is 1. The Labute approximate surface area is 140 Å². The average Bonchev–Trinajstić information content (AvgIpc) is 2.61. The number of para-hydroxylation sites is 1. The first-order valence-corrected chi connectivity index (χ1v) is 7.96. The van der Waals surface area contributed by atoms with Gasteiger partial charge in [0.25, 0.3) is 0 Å². The van der Waals surface area contributed by atoms with Gasteiger partial charge < -0.3 is 19.7 Å². The van der Waals surface area contributed by atoms with Crippen molar-refractivity contribution in [3.8, 4) is 0 Å². The van der Waals surface area contributed by atoms with Crippen molar-refractivity contribution in [3.63, 3.8) is 0 Å². The normalized spacial score (nSPS) is 17.1. The lowest BCUT2D eigenvalue weighted by molar-refractivity contribution is -0.121. The number of benzene rings is 1. The Kier molecular flexibility index (Phi) is 6.17. The molecule has 130 valence electrons. The van der Waals surface area contributed by atoms with E-state index in [9.17, 15) is 14.4 Å². The first-order chi connectivity index (χ1) is 11.6. The lowest BCUT2D eigenvalue weighted by atomic mass is 9.97. The van der Waals surface area contributed by atoms with Crippen LogP contribution in [-0.4, -0.2) is 49.7 Å². The number of hydrogen-bond acceptors (Lipinski definition) is 5. The van der Waals surface area contributed by atoms with Crippen molar-refractivity contribution in [2.24, 2.45) is 5.92 Å². The van der Waals surface area contributed by atoms with Gasteiger partial charge in [-0.25, -0.2) is 9.59 Å². The SMILES string of the molecule is CCOC(=O)c1ccccc1NC(=O)C1CCCN(C(=O)OC)C1. The van der Waals surface area contributed by atoms with Crippen molar-refractivity contribution in [2.45, 2.75) is 19.8 Å². The fraction of sp³-hybridized carbons (Fsp3) is 0.471. The topological polar surface area (TPSA) is 84.9 Å². The smallest absolute Gasteiger partial charge is 0.409 e. The number of likely N-dealkylation sites (tertiary alicyclic amines) is 1. The third-order valence-corrected chi connectivity index (χ3v) is 3.91. The number of nitrogens with one attached hydrogen (secondary N) is 1. The fourth-order valence-electron chi connectivity index (χ4n) is 2.70. The highest BCUT2D eigenvalue weighted by atomic mass is 16.5. The van der Waals surface area contributed by atoms with Crippen LogP contribution in [0.1, 0.15) is 30.1 Å². The Bertz CT molecular complexity index is 617. The molecule has 0 aliphatic carbocycles. The molecule has 1 fully saturated rings. The number of hydrogen-bond donors (Lipinski definition) is 1. The molecule has 0 saturated carbocycles. The molecule has 1 aliphatic heterocycles. The Hall–Kier alpha value is -2.57. The van der Waals surface area contributed by atoms with E-state index in [1.54, 1.807) is 31.2 Å². The van der Waals surface area contributed by atoms with Gasteiger partial charge >= 0.3 is 12.1 Å². The first-order valence-electron chi connectivity index (χ1n) is 7.96. The molecule has 1 N–H and O–H groups in total. The molecule has 1 unspecified atom stereocenters. The summed E-state index contributed by atoms with van der Waals surface area (Å²) in [6.07, 6.45) is 0.979. The maximum absolute atomic E-state index is 12.5. The molecule has 7 heteroatoms. The summed E-state index contributed by atoms with van der Waals surface area (Å²) in [4.78, 5) is 37.6. The molecule has 0 spiro atoms. The molecule has 1 saturated heterocycles. The highest BCUT2D eigenvalue weighted by Gasteiger charge is 2.29. The summed E-state index contributed by atoms with van der Waals surface area (Å²) in [5.74, 6) is -1.04. The van der Waals surface area contributed by atoms with E-state index >= 15 is 0 Å². The summed E-state index contributed by atoms with van der Waals surface area (Å²) in [6.45, 7) is 2.87. The molecule has 1 atom stereocenters. The Balaban J connectivity index is 2.07. The molecule has 2 amide bonds. The number of carbonyl (C=O) groups is 3. The minimum Gasteiger partial charge on any atom is -0.462 e. The monoisotopic (exact) mass is 334 g/mol. The lowest BCUT2D eigenvalue weighted by Crippen LogP contribution is -2.43. The zero-order valence-corrected chi connectivity index (χ0v) is 13.9. The Morgan fingerprint density at radius 3 is 2.75 bits per heavy atom. The largest absolute Gasteiger partial charge is 0.462 e. The highest BCUT2D eigenvalue weighted by Crippen LogP contribution is 2.21. The van der Waals surface area contributed by atoms with Gasteiger partial charge in [0.2, 0.25) is 5.91 Å². The molecule has 0 aromatic heterocycles. The molecule has 1 aromatic rings. The molecular weight excluding hydrogens is 312 g/mol. The average molecular weight is 334 g/mol. The van der Waals surface area contributed by atoms with Crippen molar-refractivity contribution in [2.75, 3.05) is 32.1 Å². The van der Waals surface area contributed by atoms with E-state index < -0.39 is 12.1 Å². The molecule has 1 aromatic carbocycles. The van der Waals surface area contributed by atoms with Crippen molar-refractivity contribution in [1.29, 1.82) is 0 Å². The van der Waals surface area contributed by atoms with E-state index in [-0.39, 0.29) is 18.4 Å². The van der Waals surface area contributed by atoms with Gasteiger partial charge in [0.1, 0.15) is 0 Å². The summed E-state index contributed by atoms with van der Waals surface area (Å²) in [7, 11) is 1.32. The van der Waals surface area contributed by atoms with E-state index in [2.05, 4.69) is 5.32 Å². The quantitative estimate of drug-likeness (QED) is 0.854. The second kappa shape index (κ2) is 8.33. The van der Waals surface area contributed by atoms with Crippen molar-refractivity contribution in [1.82, 2.24) is 4.90 Å². The summed E-state index contributed by atoms with van der Waals surface area (Å²) >= 11 is 0. The van der Waals surface area contributed by atoms with Gasteiger partial charge in [-0.15, -0.1) is 0 Å². The van der Waals surface area contributed by atoms with Crippen LogP contribution in [0.4, 0.5) is 10.5 Å².